The topological polar surface area (TPSA) is 17.3 Å². The van der Waals surface area contributed by atoms with Gasteiger partial charge in [-0.1, -0.05) is 48.5 Å². The summed E-state index contributed by atoms with van der Waals surface area (Å²) in [7, 11) is 0. The number of fused-ring (bicyclic) bond motifs is 10. The Morgan fingerprint density at radius 1 is 0.750 bits per heavy atom. The van der Waals surface area contributed by atoms with Crippen LogP contribution in [0.1, 0.15) is 0 Å². The van der Waals surface area contributed by atoms with Crippen molar-refractivity contribution < 1.29 is 0 Å². The number of thiophene rings is 1. The maximum atomic E-state index is 4.69. The van der Waals surface area contributed by atoms with Gasteiger partial charge in [-0.25, -0.2) is 4.98 Å². The first kappa shape index (κ1) is 12.5. The maximum absolute atomic E-state index is 4.69. The summed E-state index contributed by atoms with van der Waals surface area (Å²) in [6, 6.07) is 21.7. The van der Waals surface area contributed by atoms with Gasteiger partial charge in [0.15, 0.2) is 0 Å². The molecule has 2 nitrogen and oxygen atoms in total. The highest BCUT2D eigenvalue weighted by atomic mass is 32.1. The summed E-state index contributed by atoms with van der Waals surface area (Å²) >= 11 is 1.86. The molecule has 0 aliphatic heterocycles. The second kappa shape index (κ2) is 4.34. The molecule has 0 spiro atoms. The molecule has 0 bridgehead atoms. The first-order chi connectivity index (χ1) is 11.9. The van der Waals surface area contributed by atoms with Gasteiger partial charge in [-0.2, -0.15) is 0 Å². The van der Waals surface area contributed by atoms with Gasteiger partial charge in [0, 0.05) is 43.3 Å². The number of aromatic nitrogens is 2. The van der Waals surface area contributed by atoms with Crippen molar-refractivity contribution in [1.29, 1.82) is 0 Å². The second-order valence-electron chi connectivity index (χ2n) is 6.10. The minimum atomic E-state index is 1.04. The molecule has 0 N–H and O–H groups in total. The fourth-order valence-corrected chi connectivity index (χ4v) is 5.08. The third-order valence-electron chi connectivity index (χ3n) is 4.87. The Balaban J connectivity index is 2.02. The van der Waals surface area contributed by atoms with E-state index in [1.54, 1.807) is 0 Å². The average molecular weight is 324 g/mol. The number of para-hydroxylation sites is 1. The largest absolute Gasteiger partial charge is 0.299 e. The molecular formula is C21H12N2S. The Morgan fingerprint density at radius 3 is 2.50 bits per heavy atom. The normalized spacial score (nSPS) is 12.2. The maximum Gasteiger partial charge on any atom is 0.146 e. The fraction of sp³-hybridized carbons (Fsp3) is 0. The van der Waals surface area contributed by atoms with E-state index < -0.39 is 0 Å². The van der Waals surface area contributed by atoms with Crippen LogP contribution in [0, 0.1) is 0 Å². The van der Waals surface area contributed by atoms with Crippen molar-refractivity contribution in [1.82, 2.24) is 9.38 Å². The van der Waals surface area contributed by atoms with E-state index in [0.717, 1.165) is 5.65 Å². The van der Waals surface area contributed by atoms with Crippen molar-refractivity contribution >= 4 is 58.8 Å². The molecule has 6 aromatic rings. The van der Waals surface area contributed by atoms with Crippen LogP contribution < -0.4 is 0 Å². The van der Waals surface area contributed by atoms with Crippen LogP contribution in [0.25, 0.3) is 47.5 Å². The molecule has 0 atom stereocenters. The van der Waals surface area contributed by atoms with E-state index in [4.69, 9.17) is 0 Å². The number of imidazole rings is 1. The lowest BCUT2D eigenvalue weighted by Gasteiger charge is -2.08. The van der Waals surface area contributed by atoms with Crippen molar-refractivity contribution in [2.24, 2.45) is 0 Å². The smallest absolute Gasteiger partial charge is 0.146 e. The fourth-order valence-electron chi connectivity index (χ4n) is 3.83. The Labute approximate surface area is 141 Å². The molecule has 3 aromatic heterocycles. The van der Waals surface area contributed by atoms with Gasteiger partial charge < -0.3 is 0 Å². The van der Waals surface area contributed by atoms with Gasteiger partial charge in [0.05, 0.1) is 5.52 Å². The number of hydrogen-bond acceptors (Lipinski definition) is 2. The average Bonchev–Trinajstić information content (AvgIpc) is 3.26. The molecule has 0 fully saturated rings. The van der Waals surface area contributed by atoms with Gasteiger partial charge in [0.25, 0.3) is 0 Å². The van der Waals surface area contributed by atoms with E-state index in [9.17, 15) is 0 Å². The van der Waals surface area contributed by atoms with Crippen molar-refractivity contribution in [3.05, 3.63) is 73.1 Å². The zero-order valence-corrected chi connectivity index (χ0v) is 13.5. The van der Waals surface area contributed by atoms with E-state index in [1.165, 1.54) is 41.8 Å². The number of rotatable bonds is 0. The molecule has 3 heteroatoms. The van der Waals surface area contributed by atoms with E-state index in [2.05, 4.69) is 76.2 Å². The van der Waals surface area contributed by atoms with Gasteiger partial charge in [0.2, 0.25) is 0 Å². The predicted octanol–water partition coefficient (Wildman–Crippen LogP) is 6.01. The second-order valence-corrected chi connectivity index (χ2v) is 7.15. The summed E-state index contributed by atoms with van der Waals surface area (Å²) in [4.78, 5) is 4.69. The highest BCUT2D eigenvalue weighted by Crippen LogP contribution is 2.41. The van der Waals surface area contributed by atoms with Crippen LogP contribution in [-0.4, -0.2) is 9.38 Å². The van der Waals surface area contributed by atoms with Gasteiger partial charge in [-0.05, 0) is 17.5 Å². The lowest BCUT2D eigenvalue weighted by atomic mass is 10.0. The number of hydrogen-bond donors (Lipinski definition) is 0. The molecule has 3 heterocycles. The molecule has 3 aromatic carbocycles. The lowest BCUT2D eigenvalue weighted by Crippen LogP contribution is -1.90. The number of pyridine rings is 1. The summed E-state index contributed by atoms with van der Waals surface area (Å²) in [6.07, 6.45) is 3.95. The highest BCUT2D eigenvalue weighted by Gasteiger charge is 2.14. The van der Waals surface area contributed by atoms with Crippen molar-refractivity contribution in [2.75, 3.05) is 0 Å². The molecule has 0 saturated heterocycles. The summed E-state index contributed by atoms with van der Waals surface area (Å²) in [6.45, 7) is 0. The summed E-state index contributed by atoms with van der Waals surface area (Å²) < 4.78 is 4.87. The SMILES string of the molecule is c1ccc2c(c1)sc1c2ccc2c3ccccc3n3ccnc3c21. The molecule has 24 heavy (non-hydrogen) atoms. The third-order valence-corrected chi connectivity index (χ3v) is 6.07. The summed E-state index contributed by atoms with van der Waals surface area (Å²) in [5.74, 6) is 0. The number of benzene rings is 3. The van der Waals surface area contributed by atoms with Crippen LogP contribution in [0.4, 0.5) is 0 Å². The monoisotopic (exact) mass is 324 g/mol. The van der Waals surface area contributed by atoms with Crippen LogP contribution >= 0.6 is 11.3 Å². The molecule has 0 amide bonds. The zero-order chi connectivity index (χ0) is 15.7. The Hall–Kier alpha value is -2.91. The predicted molar refractivity (Wildman–Crippen MR) is 103 cm³/mol. The molecule has 0 unspecified atom stereocenters. The lowest BCUT2D eigenvalue weighted by molar-refractivity contribution is 1.27. The van der Waals surface area contributed by atoms with Gasteiger partial charge in [0.1, 0.15) is 5.65 Å². The molecule has 0 aliphatic carbocycles. The molecule has 0 radical (unpaired) electrons. The van der Waals surface area contributed by atoms with Crippen LogP contribution in [0.2, 0.25) is 0 Å². The van der Waals surface area contributed by atoms with Crippen LogP contribution in [0.3, 0.4) is 0 Å². The quantitative estimate of drug-likeness (QED) is 0.313. The highest BCUT2D eigenvalue weighted by molar-refractivity contribution is 7.26. The summed E-state index contributed by atoms with van der Waals surface area (Å²) in [5.41, 5.74) is 2.25. The van der Waals surface area contributed by atoms with E-state index in [-0.39, 0.29) is 0 Å². The molecule has 0 aliphatic rings. The molecule has 6 rings (SSSR count). The van der Waals surface area contributed by atoms with Crippen molar-refractivity contribution in [3.63, 3.8) is 0 Å². The van der Waals surface area contributed by atoms with Crippen LogP contribution in [0.5, 0.6) is 0 Å². The minimum Gasteiger partial charge on any atom is -0.299 e. The van der Waals surface area contributed by atoms with E-state index in [1.807, 2.05) is 17.5 Å². The van der Waals surface area contributed by atoms with Crippen molar-refractivity contribution in [2.45, 2.75) is 0 Å². The molecule has 112 valence electrons. The van der Waals surface area contributed by atoms with Crippen molar-refractivity contribution in [3.8, 4) is 0 Å². The van der Waals surface area contributed by atoms with Crippen LogP contribution in [-0.2, 0) is 0 Å². The van der Waals surface area contributed by atoms with Gasteiger partial charge in [-0.3, -0.25) is 4.40 Å². The zero-order valence-electron chi connectivity index (χ0n) is 12.7. The van der Waals surface area contributed by atoms with Crippen LogP contribution in [0.15, 0.2) is 73.1 Å². The first-order valence-corrected chi connectivity index (χ1v) is 8.81. The Bertz CT molecular complexity index is 1410. The number of nitrogens with zero attached hydrogens (tertiary/aromatic N) is 2. The third kappa shape index (κ3) is 1.43. The Morgan fingerprint density at radius 2 is 1.54 bits per heavy atom. The first-order valence-electron chi connectivity index (χ1n) is 7.99. The van der Waals surface area contributed by atoms with Gasteiger partial charge in [-0.15, -0.1) is 11.3 Å². The van der Waals surface area contributed by atoms with E-state index >= 15 is 0 Å². The molecular weight excluding hydrogens is 312 g/mol. The van der Waals surface area contributed by atoms with E-state index in [0.29, 0.717) is 0 Å². The standard InChI is InChI=1S/C21H12N2S/c1-3-7-17-13(5-1)15-9-10-16-14-6-2-4-8-18(14)24-20(16)19(15)21-22-11-12-23(17)21/h1-12H. The van der Waals surface area contributed by atoms with Gasteiger partial charge >= 0.3 is 0 Å². The molecule has 0 saturated carbocycles. The summed E-state index contributed by atoms with van der Waals surface area (Å²) in [5, 5.41) is 6.47. The minimum absolute atomic E-state index is 1.04. The Kier molecular flexibility index (Phi) is 2.26.